The van der Waals surface area contributed by atoms with E-state index in [9.17, 15) is 18.0 Å². The molecule has 0 radical (unpaired) electrons. The van der Waals surface area contributed by atoms with Gasteiger partial charge in [-0.25, -0.2) is 0 Å². The molecule has 0 atom stereocenters. The van der Waals surface area contributed by atoms with Crippen LogP contribution in [-0.4, -0.2) is 12.5 Å². The molecule has 0 heterocycles. The first-order chi connectivity index (χ1) is 13.2. The van der Waals surface area contributed by atoms with Gasteiger partial charge >= 0.3 is 6.18 Å². The minimum atomic E-state index is -4.66. The Hall–Kier alpha value is -2.69. The van der Waals surface area contributed by atoms with E-state index in [1.807, 2.05) is 12.1 Å². The SMILES string of the molecule is N#C/C(=C/NCCc1ccccc1Cl)C(=O)Nc1ccc(Cl)c(C(F)(F)F)c1. The van der Waals surface area contributed by atoms with Gasteiger partial charge in [0.05, 0.1) is 10.6 Å². The van der Waals surface area contributed by atoms with E-state index >= 15 is 0 Å². The first-order valence-corrected chi connectivity index (χ1v) is 8.73. The minimum Gasteiger partial charge on any atom is -0.389 e. The summed E-state index contributed by atoms with van der Waals surface area (Å²) >= 11 is 11.6. The van der Waals surface area contributed by atoms with Crippen molar-refractivity contribution in [1.82, 2.24) is 5.32 Å². The fourth-order valence-corrected chi connectivity index (χ4v) is 2.70. The zero-order valence-electron chi connectivity index (χ0n) is 14.3. The highest BCUT2D eigenvalue weighted by atomic mass is 35.5. The van der Waals surface area contributed by atoms with Crippen LogP contribution in [0.3, 0.4) is 0 Å². The highest BCUT2D eigenvalue weighted by molar-refractivity contribution is 6.31. The van der Waals surface area contributed by atoms with Crippen LogP contribution in [0.15, 0.2) is 54.2 Å². The molecule has 0 aliphatic carbocycles. The van der Waals surface area contributed by atoms with Gasteiger partial charge in [-0.2, -0.15) is 18.4 Å². The molecular weight excluding hydrogens is 414 g/mol. The zero-order chi connectivity index (χ0) is 20.7. The molecule has 0 saturated heterocycles. The Balaban J connectivity index is 2.01. The Labute approximate surface area is 169 Å². The molecular formula is C19H14Cl2F3N3O. The number of alkyl halides is 3. The third kappa shape index (κ3) is 5.91. The van der Waals surface area contributed by atoms with Gasteiger partial charge in [0.1, 0.15) is 11.6 Å². The number of carbonyl (C=O) groups excluding carboxylic acids is 1. The third-order valence-electron chi connectivity index (χ3n) is 3.64. The minimum absolute atomic E-state index is 0.126. The molecule has 1 amide bonds. The topological polar surface area (TPSA) is 64.9 Å². The predicted molar refractivity (Wildman–Crippen MR) is 102 cm³/mol. The van der Waals surface area contributed by atoms with Crippen LogP contribution < -0.4 is 10.6 Å². The predicted octanol–water partition coefficient (Wildman–Crippen LogP) is 5.19. The molecule has 0 aliphatic heterocycles. The van der Waals surface area contributed by atoms with Gasteiger partial charge in [-0.3, -0.25) is 4.79 Å². The number of hydrogen-bond donors (Lipinski definition) is 2. The third-order valence-corrected chi connectivity index (χ3v) is 4.34. The second-order valence-corrected chi connectivity index (χ2v) is 6.43. The quantitative estimate of drug-likeness (QED) is 0.378. The Morgan fingerprint density at radius 1 is 1.14 bits per heavy atom. The lowest BCUT2D eigenvalue weighted by atomic mass is 10.1. The maximum atomic E-state index is 12.9. The van der Waals surface area contributed by atoms with Crippen molar-refractivity contribution in [2.45, 2.75) is 12.6 Å². The van der Waals surface area contributed by atoms with Crippen molar-refractivity contribution in [1.29, 1.82) is 5.26 Å². The van der Waals surface area contributed by atoms with Gasteiger partial charge in [-0.1, -0.05) is 41.4 Å². The van der Waals surface area contributed by atoms with Crippen molar-refractivity contribution in [3.8, 4) is 6.07 Å². The molecule has 2 aromatic carbocycles. The van der Waals surface area contributed by atoms with Gasteiger partial charge < -0.3 is 10.6 Å². The van der Waals surface area contributed by atoms with E-state index in [-0.39, 0.29) is 11.3 Å². The average Bonchev–Trinajstić information content (AvgIpc) is 2.63. The van der Waals surface area contributed by atoms with E-state index < -0.39 is 22.7 Å². The van der Waals surface area contributed by atoms with Crippen LogP contribution in [0, 0.1) is 11.3 Å². The summed E-state index contributed by atoms with van der Waals surface area (Å²) in [7, 11) is 0. The summed E-state index contributed by atoms with van der Waals surface area (Å²) in [5, 5.41) is 14.3. The van der Waals surface area contributed by atoms with Gasteiger partial charge in [0.2, 0.25) is 0 Å². The molecule has 146 valence electrons. The molecule has 2 N–H and O–H groups in total. The molecule has 0 saturated carbocycles. The molecule has 0 aliphatic rings. The van der Waals surface area contributed by atoms with Gasteiger partial charge in [-0.05, 0) is 36.2 Å². The maximum absolute atomic E-state index is 12.9. The first kappa shape index (κ1) is 21.6. The Morgan fingerprint density at radius 3 is 2.50 bits per heavy atom. The second-order valence-electron chi connectivity index (χ2n) is 5.61. The van der Waals surface area contributed by atoms with Crippen molar-refractivity contribution in [2.24, 2.45) is 0 Å². The molecule has 2 rings (SSSR count). The van der Waals surface area contributed by atoms with E-state index in [4.69, 9.17) is 28.5 Å². The van der Waals surface area contributed by atoms with E-state index in [0.29, 0.717) is 24.1 Å². The van der Waals surface area contributed by atoms with Crippen LogP contribution >= 0.6 is 23.2 Å². The van der Waals surface area contributed by atoms with E-state index in [2.05, 4.69) is 10.6 Å². The van der Waals surface area contributed by atoms with Crippen LogP contribution in [0.1, 0.15) is 11.1 Å². The lowest BCUT2D eigenvalue weighted by Gasteiger charge is -2.11. The highest BCUT2D eigenvalue weighted by Crippen LogP contribution is 2.36. The molecule has 0 bridgehead atoms. The summed E-state index contributed by atoms with van der Waals surface area (Å²) in [6, 6.07) is 11.9. The molecule has 9 heteroatoms. The van der Waals surface area contributed by atoms with Gasteiger partial charge in [0.25, 0.3) is 5.91 Å². The Kier molecular flexibility index (Phi) is 7.32. The number of benzene rings is 2. The van der Waals surface area contributed by atoms with E-state index in [0.717, 1.165) is 11.6 Å². The zero-order valence-corrected chi connectivity index (χ0v) is 15.8. The van der Waals surface area contributed by atoms with Crippen molar-refractivity contribution < 1.29 is 18.0 Å². The standard InChI is InChI=1S/C19H14Cl2F3N3O/c20-16-4-2-1-3-12(16)7-8-26-11-13(10-25)18(28)27-14-5-6-17(21)15(9-14)19(22,23)24/h1-6,9,11,26H,7-8H2,(H,27,28)/b13-11-. The summed E-state index contributed by atoms with van der Waals surface area (Å²) in [5.74, 6) is -0.844. The molecule has 28 heavy (non-hydrogen) atoms. The summed E-state index contributed by atoms with van der Waals surface area (Å²) < 4.78 is 38.7. The fourth-order valence-electron chi connectivity index (χ4n) is 2.25. The average molecular weight is 428 g/mol. The molecule has 0 unspecified atom stereocenters. The lowest BCUT2D eigenvalue weighted by Crippen LogP contribution is -2.18. The van der Waals surface area contributed by atoms with Gasteiger partial charge in [-0.15, -0.1) is 0 Å². The normalized spacial score (nSPS) is 11.6. The van der Waals surface area contributed by atoms with E-state index in [1.165, 1.54) is 12.3 Å². The van der Waals surface area contributed by atoms with E-state index in [1.54, 1.807) is 18.2 Å². The molecule has 0 spiro atoms. The number of carbonyl (C=O) groups is 1. The second kappa shape index (κ2) is 9.49. The smallest absolute Gasteiger partial charge is 0.389 e. The number of rotatable bonds is 6. The first-order valence-electron chi connectivity index (χ1n) is 7.97. The number of nitriles is 1. The fraction of sp³-hybridized carbons (Fsp3) is 0.158. The number of hydrogen-bond acceptors (Lipinski definition) is 3. The maximum Gasteiger partial charge on any atom is 0.417 e. The van der Waals surface area contributed by atoms with Crippen LogP contribution in [0.2, 0.25) is 10.0 Å². The summed E-state index contributed by atoms with van der Waals surface area (Å²) in [4.78, 5) is 12.1. The highest BCUT2D eigenvalue weighted by Gasteiger charge is 2.33. The van der Waals surface area contributed by atoms with Crippen molar-refractivity contribution >= 4 is 34.8 Å². The Morgan fingerprint density at radius 2 is 1.86 bits per heavy atom. The summed E-state index contributed by atoms with van der Waals surface area (Å²) in [5.41, 5.74) is -0.595. The van der Waals surface area contributed by atoms with Crippen LogP contribution in [-0.2, 0) is 17.4 Å². The summed E-state index contributed by atoms with van der Waals surface area (Å²) in [6.45, 7) is 0.404. The Bertz CT molecular complexity index is 937. The number of anilines is 1. The van der Waals surface area contributed by atoms with Crippen LogP contribution in [0.25, 0.3) is 0 Å². The number of halogens is 5. The van der Waals surface area contributed by atoms with Crippen LogP contribution in [0.5, 0.6) is 0 Å². The number of nitrogens with one attached hydrogen (secondary N) is 2. The largest absolute Gasteiger partial charge is 0.417 e. The molecule has 0 aromatic heterocycles. The van der Waals surface area contributed by atoms with Crippen molar-refractivity contribution in [2.75, 3.05) is 11.9 Å². The number of amides is 1. The molecule has 2 aromatic rings. The summed E-state index contributed by atoms with van der Waals surface area (Å²) in [6.07, 6.45) is -2.90. The molecule has 4 nitrogen and oxygen atoms in total. The van der Waals surface area contributed by atoms with Crippen LogP contribution in [0.4, 0.5) is 18.9 Å². The number of nitrogens with zero attached hydrogens (tertiary/aromatic N) is 1. The van der Waals surface area contributed by atoms with Crippen molar-refractivity contribution in [3.63, 3.8) is 0 Å². The van der Waals surface area contributed by atoms with Gasteiger partial charge in [0, 0.05) is 23.5 Å². The van der Waals surface area contributed by atoms with Crippen molar-refractivity contribution in [3.05, 3.63) is 75.4 Å². The molecule has 0 fully saturated rings. The van der Waals surface area contributed by atoms with Gasteiger partial charge in [0.15, 0.2) is 0 Å². The monoisotopic (exact) mass is 427 g/mol. The lowest BCUT2D eigenvalue weighted by molar-refractivity contribution is -0.137.